The molecule has 0 bridgehead atoms. The smallest absolute Gasteiger partial charge is 0.0641 e. The van der Waals surface area contributed by atoms with Gasteiger partial charge in [0.05, 0.1) is 27.8 Å². The van der Waals surface area contributed by atoms with Crippen LogP contribution in [0, 0.1) is 0 Å². The van der Waals surface area contributed by atoms with Gasteiger partial charge < -0.3 is 9.13 Å². The lowest BCUT2D eigenvalue weighted by Crippen LogP contribution is -1.97. The van der Waals surface area contributed by atoms with Crippen LogP contribution in [-0.4, -0.2) is 9.13 Å². The van der Waals surface area contributed by atoms with Crippen LogP contribution in [0.2, 0.25) is 0 Å². The van der Waals surface area contributed by atoms with E-state index in [9.17, 15) is 0 Å². The van der Waals surface area contributed by atoms with E-state index in [0.29, 0.717) is 0 Å². The molecule has 56 heavy (non-hydrogen) atoms. The molecule has 0 radical (unpaired) electrons. The Morgan fingerprint density at radius 3 is 1.70 bits per heavy atom. The average molecular weight is 709 g/mol. The minimum absolute atomic E-state index is 1.16. The molecule has 12 aromatic rings. The number of para-hydroxylation sites is 2. The second-order valence-corrected chi connectivity index (χ2v) is 15.2. The number of fused-ring (bicyclic) bond motifs is 13. The maximum absolute atomic E-state index is 2.51. The summed E-state index contributed by atoms with van der Waals surface area (Å²) in [5.74, 6) is 0. The van der Waals surface area contributed by atoms with Crippen molar-refractivity contribution >= 4 is 75.9 Å². The zero-order valence-electron chi connectivity index (χ0n) is 30.4. The quantitative estimate of drug-likeness (QED) is 0.173. The summed E-state index contributed by atoms with van der Waals surface area (Å²) in [5.41, 5.74) is 15.0. The molecule has 2 heteroatoms. The van der Waals surface area contributed by atoms with Crippen molar-refractivity contribution in [3.05, 3.63) is 194 Å². The zero-order valence-corrected chi connectivity index (χ0v) is 30.4. The topological polar surface area (TPSA) is 9.86 Å². The predicted molar refractivity (Wildman–Crippen MR) is 238 cm³/mol. The van der Waals surface area contributed by atoms with Crippen molar-refractivity contribution in [3.63, 3.8) is 0 Å². The van der Waals surface area contributed by atoms with Gasteiger partial charge in [-0.05, 0) is 96.7 Å². The maximum atomic E-state index is 2.51. The molecule has 0 aliphatic heterocycles. The predicted octanol–water partition coefficient (Wildman–Crippen LogP) is 14.7. The maximum Gasteiger partial charge on any atom is 0.0641 e. The Labute approximate surface area is 322 Å². The van der Waals surface area contributed by atoms with E-state index in [1.807, 2.05) is 0 Å². The fourth-order valence-electron chi connectivity index (χ4n) is 10.2. The van der Waals surface area contributed by atoms with E-state index >= 15 is 0 Å². The lowest BCUT2D eigenvalue weighted by Gasteiger charge is -2.16. The zero-order chi connectivity index (χ0) is 36.5. The minimum Gasteiger partial charge on any atom is -0.309 e. The van der Waals surface area contributed by atoms with Crippen molar-refractivity contribution in [2.45, 2.75) is 0 Å². The largest absolute Gasteiger partial charge is 0.309 e. The van der Waals surface area contributed by atoms with E-state index in [1.54, 1.807) is 0 Å². The van der Waals surface area contributed by atoms with Crippen LogP contribution < -0.4 is 0 Å². The monoisotopic (exact) mass is 708 g/mol. The molecule has 1 aliphatic rings. The molecule has 0 fully saturated rings. The molecule has 2 nitrogen and oxygen atoms in total. The van der Waals surface area contributed by atoms with Crippen LogP contribution in [0.25, 0.3) is 121 Å². The van der Waals surface area contributed by atoms with Crippen LogP contribution in [0.1, 0.15) is 0 Å². The van der Waals surface area contributed by atoms with Gasteiger partial charge >= 0.3 is 0 Å². The average Bonchev–Trinajstić information content (AvgIpc) is 3.91. The van der Waals surface area contributed by atoms with Crippen LogP contribution >= 0.6 is 0 Å². The first kappa shape index (κ1) is 30.0. The van der Waals surface area contributed by atoms with Crippen molar-refractivity contribution in [3.8, 4) is 44.8 Å². The minimum atomic E-state index is 1.16. The van der Waals surface area contributed by atoms with Gasteiger partial charge in [-0.3, -0.25) is 0 Å². The summed E-state index contributed by atoms with van der Waals surface area (Å²) in [6.07, 6.45) is 0. The number of benzene rings is 10. The van der Waals surface area contributed by atoms with Gasteiger partial charge in [-0.25, -0.2) is 0 Å². The molecule has 0 atom stereocenters. The first-order valence-electron chi connectivity index (χ1n) is 19.4. The van der Waals surface area contributed by atoms with Gasteiger partial charge in [-0.1, -0.05) is 158 Å². The molecule has 2 heterocycles. The molecule has 10 aromatic carbocycles. The first-order valence-corrected chi connectivity index (χ1v) is 19.4. The van der Waals surface area contributed by atoms with Crippen molar-refractivity contribution in [2.75, 3.05) is 0 Å². The Balaban J connectivity index is 1.12. The second-order valence-electron chi connectivity index (χ2n) is 15.2. The van der Waals surface area contributed by atoms with Gasteiger partial charge in [0, 0.05) is 32.6 Å². The van der Waals surface area contributed by atoms with Crippen LogP contribution in [-0.2, 0) is 0 Å². The number of hydrogen-bond donors (Lipinski definition) is 0. The summed E-state index contributed by atoms with van der Waals surface area (Å²) < 4.78 is 5.00. The van der Waals surface area contributed by atoms with Crippen molar-refractivity contribution in [1.29, 1.82) is 0 Å². The molecule has 0 spiro atoms. The lowest BCUT2D eigenvalue weighted by molar-refractivity contribution is 1.18. The summed E-state index contributed by atoms with van der Waals surface area (Å²) in [7, 11) is 0. The van der Waals surface area contributed by atoms with Gasteiger partial charge in [0.15, 0.2) is 0 Å². The van der Waals surface area contributed by atoms with Crippen molar-refractivity contribution in [2.24, 2.45) is 0 Å². The molecule has 0 N–H and O–H groups in total. The normalized spacial score (nSPS) is 12.3. The van der Waals surface area contributed by atoms with E-state index in [1.165, 1.54) is 115 Å². The van der Waals surface area contributed by atoms with Crippen molar-refractivity contribution < 1.29 is 0 Å². The highest BCUT2D eigenvalue weighted by Gasteiger charge is 2.25. The van der Waals surface area contributed by atoms with Crippen LogP contribution in [0.15, 0.2) is 194 Å². The number of aromatic nitrogens is 2. The Bertz CT molecular complexity index is 3610. The third-order valence-electron chi connectivity index (χ3n) is 12.4. The highest BCUT2D eigenvalue weighted by molar-refractivity contribution is 6.30. The van der Waals surface area contributed by atoms with Crippen LogP contribution in [0.5, 0.6) is 0 Å². The summed E-state index contributed by atoms with van der Waals surface area (Å²) in [4.78, 5) is 0. The van der Waals surface area contributed by atoms with Gasteiger partial charge in [0.1, 0.15) is 0 Å². The van der Waals surface area contributed by atoms with Gasteiger partial charge in [-0.2, -0.15) is 0 Å². The van der Waals surface area contributed by atoms with Gasteiger partial charge in [0.2, 0.25) is 0 Å². The molecular weight excluding hydrogens is 677 g/mol. The highest BCUT2D eigenvalue weighted by atomic mass is 15.0. The molecule has 13 rings (SSSR count). The molecule has 0 saturated carbocycles. The number of hydrogen-bond acceptors (Lipinski definition) is 0. The summed E-state index contributed by atoms with van der Waals surface area (Å²) >= 11 is 0. The second kappa shape index (κ2) is 11.1. The van der Waals surface area contributed by atoms with Gasteiger partial charge in [0.25, 0.3) is 0 Å². The Hall–Kier alpha value is -7.42. The highest BCUT2D eigenvalue weighted by Crippen LogP contribution is 2.50. The molecule has 2 aromatic heterocycles. The molecule has 258 valence electrons. The van der Waals surface area contributed by atoms with Crippen LogP contribution in [0.3, 0.4) is 0 Å². The Morgan fingerprint density at radius 2 is 0.839 bits per heavy atom. The van der Waals surface area contributed by atoms with Gasteiger partial charge in [-0.15, -0.1) is 0 Å². The third-order valence-corrected chi connectivity index (χ3v) is 12.4. The fourth-order valence-corrected chi connectivity index (χ4v) is 10.2. The molecule has 0 saturated heterocycles. The molecule has 1 aliphatic carbocycles. The van der Waals surface area contributed by atoms with E-state index in [-0.39, 0.29) is 0 Å². The number of nitrogens with zero attached hydrogens (tertiary/aromatic N) is 2. The summed E-state index contributed by atoms with van der Waals surface area (Å²) in [6, 6.07) is 71.9. The van der Waals surface area contributed by atoms with E-state index in [4.69, 9.17) is 0 Å². The van der Waals surface area contributed by atoms with Crippen LogP contribution in [0.4, 0.5) is 0 Å². The van der Waals surface area contributed by atoms with E-state index in [0.717, 1.165) is 5.69 Å². The molecule has 0 amide bonds. The number of rotatable bonds is 3. The van der Waals surface area contributed by atoms with E-state index in [2.05, 4.69) is 203 Å². The first-order chi connectivity index (χ1) is 27.8. The fraction of sp³-hybridized carbons (Fsp3) is 0. The van der Waals surface area contributed by atoms with E-state index < -0.39 is 0 Å². The Kier molecular flexibility index (Phi) is 5.92. The van der Waals surface area contributed by atoms with Crippen molar-refractivity contribution in [1.82, 2.24) is 9.13 Å². The summed E-state index contributed by atoms with van der Waals surface area (Å²) in [6.45, 7) is 0. The SMILES string of the molecule is c1ccc(-n2c3ccc4ccccc4c3c3ccc4c(c5ccccc5n4-c4ccc(-c5ccc6c7c(cccc57)-c5ccccc5-6)c5ccccc45)c32)cc1. The lowest BCUT2D eigenvalue weighted by atomic mass is 9.91. The Morgan fingerprint density at radius 1 is 0.250 bits per heavy atom. The third kappa shape index (κ3) is 3.85. The molecular formula is C54H32N2. The summed E-state index contributed by atoms with van der Waals surface area (Å²) in [5, 5.41) is 12.7. The standard InChI is InChI=1S/C54H32N2/c1-2-14-34(15-3-1)55-49-30-25-33-13-4-5-16-35(33)52(49)46-29-32-50-53(54(46)55)45-21-10-11-24-47(45)56(50)48-31-28-39(36-17-8-9-20-41(36)48)40-26-27-44-38-19-7-6-18-37(38)42-22-12-23-43(40)51(42)44/h1-32H. The molecule has 0 unspecified atom stereocenters.